The summed E-state index contributed by atoms with van der Waals surface area (Å²) in [7, 11) is 1.44. The highest BCUT2D eigenvalue weighted by Gasteiger charge is 2.33. The average Bonchev–Trinajstić information content (AvgIpc) is 2.95. The van der Waals surface area contributed by atoms with Crippen LogP contribution < -0.4 is 0 Å². The first-order valence-electron chi connectivity index (χ1n) is 11.1. The van der Waals surface area contributed by atoms with Crippen molar-refractivity contribution in [2.24, 2.45) is 5.92 Å². The Morgan fingerprint density at radius 2 is 1.87 bits per heavy atom. The van der Waals surface area contributed by atoms with Gasteiger partial charge >= 0.3 is 5.97 Å². The molecule has 4 heteroatoms. The molecule has 4 unspecified atom stereocenters. The van der Waals surface area contributed by atoms with Crippen LogP contribution in [0.15, 0.2) is 84.1 Å². The van der Waals surface area contributed by atoms with Gasteiger partial charge in [0.25, 0.3) is 0 Å². The average molecular weight is 418 g/mol. The number of ether oxygens (including phenoxy) is 1. The Labute approximate surface area is 184 Å². The van der Waals surface area contributed by atoms with Crippen LogP contribution >= 0.6 is 0 Å². The van der Waals surface area contributed by atoms with Crippen molar-refractivity contribution in [1.29, 1.82) is 0 Å². The minimum Gasteiger partial charge on any atom is -0.479 e. The number of carboxylic acid groups (broad SMARTS) is 1. The van der Waals surface area contributed by atoms with E-state index in [9.17, 15) is 9.90 Å². The summed E-state index contributed by atoms with van der Waals surface area (Å²) in [5.41, 5.74) is 5.06. The Morgan fingerprint density at radius 1 is 1.13 bits per heavy atom. The highest BCUT2D eigenvalue weighted by atomic mass is 16.5. The number of hydrogen-bond donors (Lipinski definition) is 1. The van der Waals surface area contributed by atoms with Gasteiger partial charge in [-0.15, -0.1) is 0 Å². The molecular formula is C27H31NO3. The lowest BCUT2D eigenvalue weighted by molar-refractivity contribution is -0.148. The third-order valence-corrected chi connectivity index (χ3v) is 6.52. The molecule has 0 aromatic heterocycles. The number of fused-ring (bicyclic) bond motifs is 2. The largest absolute Gasteiger partial charge is 0.479 e. The van der Waals surface area contributed by atoms with Gasteiger partial charge in [-0.05, 0) is 49.0 Å². The van der Waals surface area contributed by atoms with Gasteiger partial charge in [-0.1, -0.05) is 66.8 Å². The zero-order chi connectivity index (χ0) is 21.8. The SMILES string of the molecule is COC(Cc1ccc(CC(C)N2C3=CC=CCC3CC=C3C=CC=CC32)cc1)C(=O)O. The minimum absolute atomic E-state index is 0.278. The first-order chi connectivity index (χ1) is 15.1. The summed E-state index contributed by atoms with van der Waals surface area (Å²) in [4.78, 5) is 13.8. The van der Waals surface area contributed by atoms with E-state index in [2.05, 4.69) is 72.6 Å². The van der Waals surface area contributed by atoms with Crippen LogP contribution in [0.25, 0.3) is 0 Å². The third-order valence-electron chi connectivity index (χ3n) is 6.52. The van der Waals surface area contributed by atoms with Crippen molar-refractivity contribution in [2.75, 3.05) is 7.11 Å². The number of hydrogen-bond acceptors (Lipinski definition) is 3. The summed E-state index contributed by atoms with van der Waals surface area (Å²) in [6.45, 7) is 2.31. The van der Waals surface area contributed by atoms with Gasteiger partial charge in [-0.3, -0.25) is 0 Å². The van der Waals surface area contributed by atoms with E-state index in [4.69, 9.17) is 4.74 Å². The molecule has 4 atom stereocenters. The van der Waals surface area contributed by atoms with Crippen LogP contribution in [0.2, 0.25) is 0 Å². The molecule has 4 rings (SSSR count). The summed E-state index contributed by atoms with van der Waals surface area (Å²) < 4.78 is 5.07. The molecule has 1 heterocycles. The van der Waals surface area contributed by atoms with Crippen molar-refractivity contribution in [1.82, 2.24) is 4.90 Å². The molecule has 0 fully saturated rings. The number of nitrogens with zero attached hydrogens (tertiary/aromatic N) is 1. The summed E-state index contributed by atoms with van der Waals surface area (Å²) in [6.07, 6.45) is 20.7. The van der Waals surface area contributed by atoms with Crippen LogP contribution in [0.1, 0.15) is 30.9 Å². The molecule has 1 aliphatic heterocycles. The molecule has 31 heavy (non-hydrogen) atoms. The van der Waals surface area contributed by atoms with Gasteiger partial charge in [0.05, 0.1) is 6.04 Å². The lowest BCUT2D eigenvalue weighted by atomic mass is 9.91. The van der Waals surface area contributed by atoms with Crippen LogP contribution in [-0.2, 0) is 22.4 Å². The Hall–Kier alpha value is -2.85. The third kappa shape index (κ3) is 4.75. The van der Waals surface area contributed by atoms with Crippen molar-refractivity contribution in [3.05, 3.63) is 95.3 Å². The van der Waals surface area contributed by atoms with Crippen LogP contribution in [0, 0.1) is 5.92 Å². The predicted octanol–water partition coefficient (Wildman–Crippen LogP) is 4.85. The van der Waals surface area contributed by atoms with E-state index in [1.165, 1.54) is 23.9 Å². The predicted molar refractivity (Wildman–Crippen MR) is 124 cm³/mol. The smallest absolute Gasteiger partial charge is 0.333 e. The molecule has 0 radical (unpaired) electrons. The van der Waals surface area contributed by atoms with E-state index in [0.717, 1.165) is 24.8 Å². The summed E-state index contributed by atoms with van der Waals surface area (Å²) in [6, 6.07) is 8.91. The standard InChI is InChI=1S/C27H31NO3/c1-19(17-20-11-13-21(14-12-20)18-26(31-2)27(29)30)28-24-9-5-3-7-22(24)15-16-23-8-4-6-10-25(23)28/h3-7,9-15,19,23-24,26H,8,16-18H2,1-2H3,(H,29,30). The lowest BCUT2D eigenvalue weighted by Gasteiger charge is -2.41. The molecule has 0 saturated heterocycles. The second-order valence-electron chi connectivity index (χ2n) is 8.62. The monoisotopic (exact) mass is 417 g/mol. The molecule has 0 amide bonds. The molecule has 1 aromatic rings. The lowest BCUT2D eigenvalue weighted by Crippen LogP contribution is -2.43. The van der Waals surface area contributed by atoms with Crippen molar-refractivity contribution in [3.63, 3.8) is 0 Å². The summed E-state index contributed by atoms with van der Waals surface area (Å²) in [5.74, 6) is -0.388. The van der Waals surface area contributed by atoms with Gasteiger partial charge in [0, 0.05) is 31.2 Å². The Balaban J connectivity index is 1.53. The number of methoxy groups -OCH3 is 1. The van der Waals surface area contributed by atoms with Crippen molar-refractivity contribution < 1.29 is 14.6 Å². The number of carbonyl (C=O) groups is 1. The molecule has 3 aliphatic rings. The summed E-state index contributed by atoms with van der Waals surface area (Å²) >= 11 is 0. The second-order valence-corrected chi connectivity index (χ2v) is 8.62. The maximum atomic E-state index is 11.2. The minimum atomic E-state index is -0.927. The Morgan fingerprint density at radius 3 is 2.58 bits per heavy atom. The molecule has 162 valence electrons. The van der Waals surface area contributed by atoms with E-state index in [0.29, 0.717) is 18.4 Å². The fourth-order valence-electron chi connectivity index (χ4n) is 4.87. The molecular weight excluding hydrogens is 386 g/mol. The Kier molecular flexibility index (Phi) is 6.57. The Bertz CT molecular complexity index is 951. The van der Waals surface area contributed by atoms with Gasteiger partial charge < -0.3 is 14.7 Å². The first-order valence-corrected chi connectivity index (χ1v) is 11.1. The molecule has 2 aliphatic carbocycles. The van der Waals surface area contributed by atoms with E-state index in [1.807, 2.05) is 12.1 Å². The topological polar surface area (TPSA) is 49.8 Å². The van der Waals surface area contributed by atoms with Gasteiger partial charge in [0.2, 0.25) is 0 Å². The quantitative estimate of drug-likeness (QED) is 0.689. The maximum Gasteiger partial charge on any atom is 0.333 e. The fraction of sp³-hybridized carbons (Fsp3) is 0.370. The second kappa shape index (κ2) is 9.52. The normalized spacial score (nSPS) is 23.9. The van der Waals surface area contributed by atoms with Crippen LogP contribution in [-0.4, -0.2) is 41.3 Å². The van der Waals surface area contributed by atoms with Crippen molar-refractivity contribution in [3.8, 4) is 0 Å². The van der Waals surface area contributed by atoms with E-state index in [1.54, 1.807) is 0 Å². The zero-order valence-electron chi connectivity index (χ0n) is 18.3. The fourth-order valence-corrected chi connectivity index (χ4v) is 4.87. The summed E-state index contributed by atoms with van der Waals surface area (Å²) in [5, 5.41) is 9.21. The van der Waals surface area contributed by atoms with Crippen LogP contribution in [0.3, 0.4) is 0 Å². The first kappa shape index (κ1) is 21.4. The number of benzene rings is 1. The van der Waals surface area contributed by atoms with Gasteiger partial charge in [0.15, 0.2) is 6.10 Å². The molecule has 4 nitrogen and oxygen atoms in total. The van der Waals surface area contributed by atoms with Crippen LogP contribution in [0.4, 0.5) is 0 Å². The number of rotatable bonds is 7. The molecule has 1 aromatic carbocycles. The zero-order valence-corrected chi connectivity index (χ0v) is 18.3. The number of aliphatic carboxylic acids is 1. The number of allylic oxidation sites excluding steroid dienone is 7. The molecule has 0 spiro atoms. The highest BCUT2D eigenvalue weighted by molar-refractivity contribution is 5.72. The van der Waals surface area contributed by atoms with Gasteiger partial charge in [0.1, 0.15) is 0 Å². The molecule has 0 bridgehead atoms. The van der Waals surface area contributed by atoms with E-state index in [-0.39, 0.29) is 6.04 Å². The maximum absolute atomic E-state index is 11.2. The van der Waals surface area contributed by atoms with Crippen molar-refractivity contribution in [2.45, 2.75) is 50.8 Å². The highest BCUT2D eigenvalue weighted by Crippen LogP contribution is 2.37. The molecule has 0 saturated carbocycles. The van der Waals surface area contributed by atoms with Gasteiger partial charge in [-0.2, -0.15) is 0 Å². The molecule has 1 N–H and O–H groups in total. The van der Waals surface area contributed by atoms with E-state index >= 15 is 0 Å². The van der Waals surface area contributed by atoms with E-state index < -0.39 is 12.1 Å². The van der Waals surface area contributed by atoms with Crippen molar-refractivity contribution >= 4 is 5.97 Å². The van der Waals surface area contributed by atoms with Crippen LogP contribution in [0.5, 0.6) is 0 Å². The number of carboxylic acids is 1. The van der Waals surface area contributed by atoms with Gasteiger partial charge in [-0.25, -0.2) is 4.79 Å².